The number of anilines is 1. The molecule has 1 unspecified atom stereocenters. The van der Waals surface area contributed by atoms with E-state index >= 15 is 0 Å². The predicted octanol–water partition coefficient (Wildman–Crippen LogP) is 4.71. The number of hydrogen-bond donors (Lipinski definition) is 1. The van der Waals surface area contributed by atoms with Gasteiger partial charge in [-0.2, -0.15) is 5.10 Å². The molecule has 0 spiro atoms. The third kappa shape index (κ3) is 3.20. The summed E-state index contributed by atoms with van der Waals surface area (Å²) in [5.74, 6) is 0.855. The zero-order valence-electron chi connectivity index (χ0n) is 15.9. The second kappa shape index (κ2) is 7.40. The Kier molecular flexibility index (Phi) is 4.61. The quantitative estimate of drug-likeness (QED) is 0.716. The van der Waals surface area contributed by atoms with Gasteiger partial charge >= 0.3 is 0 Å². The number of likely N-dealkylation sites (tertiary alicyclic amines) is 1. The topological polar surface area (TPSA) is 33.1 Å². The van der Waals surface area contributed by atoms with Crippen molar-refractivity contribution in [2.24, 2.45) is 0 Å². The van der Waals surface area contributed by atoms with E-state index in [4.69, 9.17) is 5.10 Å². The van der Waals surface area contributed by atoms with Crippen molar-refractivity contribution in [2.75, 3.05) is 18.4 Å². The number of fused-ring (bicyclic) bond motifs is 1. The maximum atomic E-state index is 13.4. The number of nitrogens with zero attached hydrogens (tertiary/aromatic N) is 3. The van der Waals surface area contributed by atoms with Gasteiger partial charge in [0.25, 0.3) is 0 Å². The highest BCUT2D eigenvalue weighted by Crippen LogP contribution is 2.38. The van der Waals surface area contributed by atoms with Crippen LogP contribution in [0.2, 0.25) is 0 Å². The largest absolute Gasteiger partial charge is 0.369 e. The molecule has 1 aromatic heterocycles. The first-order valence-electron chi connectivity index (χ1n) is 10.2. The molecule has 3 heterocycles. The molecule has 1 N–H and O–H groups in total. The molecule has 2 aliphatic heterocycles. The molecule has 0 aliphatic carbocycles. The second-order valence-corrected chi connectivity index (χ2v) is 7.75. The predicted molar refractivity (Wildman–Crippen MR) is 109 cm³/mol. The van der Waals surface area contributed by atoms with Crippen LogP contribution in [-0.2, 0) is 13.0 Å². The maximum absolute atomic E-state index is 13.4. The molecule has 28 heavy (non-hydrogen) atoms. The number of halogens is 1. The summed E-state index contributed by atoms with van der Waals surface area (Å²) in [5, 5.41) is 8.53. The van der Waals surface area contributed by atoms with Gasteiger partial charge in [-0.25, -0.2) is 9.07 Å². The van der Waals surface area contributed by atoms with Crippen molar-refractivity contribution in [1.29, 1.82) is 0 Å². The molecule has 1 atom stereocenters. The van der Waals surface area contributed by atoms with Gasteiger partial charge in [-0.1, -0.05) is 36.8 Å². The summed E-state index contributed by atoms with van der Waals surface area (Å²) < 4.78 is 15.3. The number of hydrogen-bond acceptors (Lipinski definition) is 3. The fourth-order valence-electron chi connectivity index (χ4n) is 4.55. The molecule has 2 aliphatic rings. The second-order valence-electron chi connectivity index (χ2n) is 7.75. The van der Waals surface area contributed by atoms with Gasteiger partial charge in [0, 0.05) is 18.7 Å². The van der Waals surface area contributed by atoms with E-state index in [1.807, 2.05) is 4.68 Å². The van der Waals surface area contributed by atoms with Crippen LogP contribution < -0.4 is 5.32 Å². The highest BCUT2D eigenvalue weighted by Gasteiger charge is 2.32. The van der Waals surface area contributed by atoms with Crippen molar-refractivity contribution in [1.82, 2.24) is 14.7 Å². The van der Waals surface area contributed by atoms with Crippen LogP contribution >= 0.6 is 0 Å². The Balaban J connectivity index is 1.50. The monoisotopic (exact) mass is 376 g/mol. The summed E-state index contributed by atoms with van der Waals surface area (Å²) in [6.07, 6.45) is 4.62. The Labute approximate surface area is 165 Å². The lowest BCUT2D eigenvalue weighted by atomic mass is 9.95. The number of rotatable bonds is 4. The number of piperidine rings is 1. The van der Waals surface area contributed by atoms with Crippen molar-refractivity contribution in [3.63, 3.8) is 0 Å². The van der Waals surface area contributed by atoms with E-state index in [0.29, 0.717) is 6.04 Å². The van der Waals surface area contributed by atoms with Crippen LogP contribution in [0, 0.1) is 5.82 Å². The van der Waals surface area contributed by atoms with Gasteiger partial charge in [-0.15, -0.1) is 0 Å². The molecule has 4 nitrogen and oxygen atoms in total. The Morgan fingerprint density at radius 3 is 2.68 bits per heavy atom. The molecule has 2 aromatic carbocycles. The van der Waals surface area contributed by atoms with Crippen molar-refractivity contribution >= 4 is 5.82 Å². The molecule has 0 amide bonds. The minimum Gasteiger partial charge on any atom is -0.369 e. The number of benzene rings is 2. The molecule has 0 saturated carbocycles. The lowest BCUT2D eigenvalue weighted by Crippen LogP contribution is -2.33. The minimum absolute atomic E-state index is 0.220. The molecule has 5 rings (SSSR count). The lowest BCUT2D eigenvalue weighted by molar-refractivity contribution is 0.136. The molecule has 144 valence electrons. The van der Waals surface area contributed by atoms with E-state index in [1.54, 1.807) is 12.1 Å². The van der Waals surface area contributed by atoms with Crippen molar-refractivity contribution < 1.29 is 4.39 Å². The van der Waals surface area contributed by atoms with Gasteiger partial charge < -0.3 is 5.32 Å². The van der Waals surface area contributed by atoms with E-state index in [2.05, 4.69) is 40.5 Å². The van der Waals surface area contributed by atoms with E-state index in [9.17, 15) is 4.39 Å². The van der Waals surface area contributed by atoms with Crippen LogP contribution in [0.1, 0.15) is 42.1 Å². The molecular weight excluding hydrogens is 351 g/mol. The van der Waals surface area contributed by atoms with Crippen molar-refractivity contribution in [3.05, 3.63) is 77.2 Å². The normalized spacial score (nSPS) is 19.4. The molecule has 0 bridgehead atoms. The number of aromatic nitrogens is 2. The highest BCUT2D eigenvalue weighted by atomic mass is 19.1. The molecule has 1 saturated heterocycles. The van der Waals surface area contributed by atoms with Crippen LogP contribution in [0.3, 0.4) is 0 Å². The maximum Gasteiger partial charge on any atom is 0.133 e. The van der Waals surface area contributed by atoms with Gasteiger partial charge in [-0.05, 0) is 55.6 Å². The van der Waals surface area contributed by atoms with Crippen molar-refractivity contribution in [2.45, 2.75) is 38.3 Å². The standard InChI is InChI=1S/C23H25FN4/c24-18-9-11-19(12-10-18)28-23-20(13-14-25-23)22(26-28)21-8-4-5-15-27(21)16-17-6-2-1-3-7-17/h1-3,6-7,9-12,21,25H,4-5,8,13-16H2. The lowest BCUT2D eigenvalue weighted by Gasteiger charge is -2.35. The summed E-state index contributed by atoms with van der Waals surface area (Å²) in [5.41, 5.74) is 4.78. The Morgan fingerprint density at radius 1 is 1.04 bits per heavy atom. The fraction of sp³-hybridized carbons (Fsp3) is 0.348. The average molecular weight is 376 g/mol. The van der Waals surface area contributed by atoms with E-state index < -0.39 is 0 Å². The zero-order valence-corrected chi connectivity index (χ0v) is 15.9. The zero-order chi connectivity index (χ0) is 18.9. The summed E-state index contributed by atoms with van der Waals surface area (Å²) in [4.78, 5) is 2.58. The summed E-state index contributed by atoms with van der Waals surface area (Å²) in [6, 6.07) is 17.6. The third-order valence-electron chi connectivity index (χ3n) is 5.91. The number of nitrogens with one attached hydrogen (secondary N) is 1. The SMILES string of the molecule is Fc1ccc(-n2nc(C3CCCCN3Cc3ccccc3)c3c2NCC3)cc1. The van der Waals surface area contributed by atoms with E-state index in [0.717, 1.165) is 44.0 Å². The van der Waals surface area contributed by atoms with Crippen LogP contribution in [0.25, 0.3) is 5.69 Å². The van der Waals surface area contributed by atoms with Crippen LogP contribution in [0.5, 0.6) is 0 Å². The van der Waals surface area contributed by atoms with E-state index in [1.165, 1.54) is 41.8 Å². The van der Waals surface area contributed by atoms with Gasteiger partial charge in [0.2, 0.25) is 0 Å². The van der Waals surface area contributed by atoms with Crippen molar-refractivity contribution in [3.8, 4) is 5.69 Å². The first kappa shape index (κ1) is 17.4. The van der Waals surface area contributed by atoms with E-state index in [-0.39, 0.29) is 5.82 Å². The molecule has 0 radical (unpaired) electrons. The fourth-order valence-corrected chi connectivity index (χ4v) is 4.55. The molecule has 3 aromatic rings. The summed E-state index contributed by atoms with van der Waals surface area (Å²) >= 11 is 0. The average Bonchev–Trinajstić information content (AvgIpc) is 3.33. The smallest absolute Gasteiger partial charge is 0.133 e. The van der Waals surface area contributed by atoms with Crippen LogP contribution in [0.15, 0.2) is 54.6 Å². The summed E-state index contributed by atoms with van der Waals surface area (Å²) in [7, 11) is 0. The first-order valence-corrected chi connectivity index (χ1v) is 10.2. The molecule has 1 fully saturated rings. The van der Waals surface area contributed by atoms with Gasteiger partial charge in [-0.3, -0.25) is 4.90 Å². The minimum atomic E-state index is -0.220. The van der Waals surface area contributed by atoms with Gasteiger partial charge in [0.05, 0.1) is 17.4 Å². The van der Waals surface area contributed by atoms with Crippen LogP contribution in [0.4, 0.5) is 10.2 Å². The summed E-state index contributed by atoms with van der Waals surface area (Å²) in [6.45, 7) is 3.00. The Hall–Kier alpha value is -2.66. The van der Waals surface area contributed by atoms with Crippen LogP contribution in [-0.4, -0.2) is 27.8 Å². The Morgan fingerprint density at radius 2 is 1.86 bits per heavy atom. The third-order valence-corrected chi connectivity index (χ3v) is 5.91. The highest BCUT2D eigenvalue weighted by molar-refractivity contribution is 5.57. The Bertz CT molecular complexity index is 949. The van der Waals surface area contributed by atoms with Gasteiger partial charge in [0.15, 0.2) is 0 Å². The molecule has 5 heteroatoms. The first-order chi connectivity index (χ1) is 13.8. The molecular formula is C23H25FN4. The van der Waals surface area contributed by atoms with Gasteiger partial charge in [0.1, 0.15) is 11.6 Å².